The summed E-state index contributed by atoms with van der Waals surface area (Å²) in [4.78, 5) is 23.6. The SMILES string of the molecule is CCOC(=O)NC(CNC(=O)c1cnn(CC)c1)CC(C)C. The van der Waals surface area contributed by atoms with Gasteiger partial charge in [0.2, 0.25) is 0 Å². The highest BCUT2D eigenvalue weighted by Crippen LogP contribution is 2.05. The summed E-state index contributed by atoms with van der Waals surface area (Å²) < 4.78 is 6.58. The van der Waals surface area contributed by atoms with Gasteiger partial charge in [0.25, 0.3) is 5.91 Å². The number of alkyl carbamates (subject to hydrolysis) is 1. The van der Waals surface area contributed by atoms with Crippen LogP contribution >= 0.6 is 0 Å². The van der Waals surface area contributed by atoms with Gasteiger partial charge in [0.1, 0.15) is 0 Å². The molecule has 1 aromatic heterocycles. The molecule has 0 aromatic carbocycles. The first-order valence-corrected chi connectivity index (χ1v) is 7.70. The van der Waals surface area contributed by atoms with E-state index in [2.05, 4.69) is 29.6 Å². The zero-order chi connectivity index (χ0) is 16.5. The zero-order valence-corrected chi connectivity index (χ0v) is 13.8. The molecule has 2 N–H and O–H groups in total. The van der Waals surface area contributed by atoms with Gasteiger partial charge >= 0.3 is 6.09 Å². The Balaban J connectivity index is 2.54. The van der Waals surface area contributed by atoms with E-state index in [9.17, 15) is 9.59 Å². The van der Waals surface area contributed by atoms with Crippen molar-refractivity contribution in [3.63, 3.8) is 0 Å². The maximum Gasteiger partial charge on any atom is 0.407 e. The van der Waals surface area contributed by atoms with E-state index in [-0.39, 0.29) is 11.9 Å². The van der Waals surface area contributed by atoms with Crippen LogP contribution in [0.1, 0.15) is 44.5 Å². The molecular weight excluding hydrogens is 284 g/mol. The number of aryl methyl sites for hydroxylation is 1. The summed E-state index contributed by atoms with van der Waals surface area (Å²) >= 11 is 0. The first-order valence-electron chi connectivity index (χ1n) is 7.70. The van der Waals surface area contributed by atoms with Crippen LogP contribution in [0.2, 0.25) is 0 Å². The van der Waals surface area contributed by atoms with Crippen LogP contribution in [0, 0.1) is 5.92 Å². The first-order chi connectivity index (χ1) is 10.5. The molecule has 1 unspecified atom stereocenters. The van der Waals surface area contributed by atoms with Crippen LogP contribution in [0.5, 0.6) is 0 Å². The van der Waals surface area contributed by atoms with E-state index in [0.717, 1.165) is 6.42 Å². The lowest BCUT2D eigenvalue weighted by atomic mass is 10.0. The molecule has 0 saturated carbocycles. The first kappa shape index (κ1) is 18.0. The van der Waals surface area contributed by atoms with Crippen molar-refractivity contribution < 1.29 is 14.3 Å². The number of hydrogen-bond donors (Lipinski definition) is 2. The number of nitrogens with zero attached hydrogens (tertiary/aromatic N) is 2. The molecule has 1 aromatic rings. The third kappa shape index (κ3) is 6.15. The maximum atomic E-state index is 12.1. The summed E-state index contributed by atoms with van der Waals surface area (Å²) in [7, 11) is 0. The van der Waals surface area contributed by atoms with Gasteiger partial charge in [0.05, 0.1) is 18.4 Å². The summed E-state index contributed by atoms with van der Waals surface area (Å²) in [5.41, 5.74) is 0.515. The smallest absolute Gasteiger partial charge is 0.407 e. The largest absolute Gasteiger partial charge is 0.450 e. The van der Waals surface area contributed by atoms with Gasteiger partial charge in [-0.25, -0.2) is 4.79 Å². The van der Waals surface area contributed by atoms with E-state index >= 15 is 0 Å². The molecule has 0 aliphatic carbocycles. The van der Waals surface area contributed by atoms with Crippen LogP contribution in [0.15, 0.2) is 12.4 Å². The van der Waals surface area contributed by atoms with Crippen LogP contribution in [-0.4, -0.2) is 41.0 Å². The second kappa shape index (κ2) is 9.07. The Kier molecular flexibility index (Phi) is 7.42. The summed E-state index contributed by atoms with van der Waals surface area (Å²) in [6.45, 7) is 9.23. The van der Waals surface area contributed by atoms with Crippen LogP contribution < -0.4 is 10.6 Å². The number of rotatable bonds is 8. The quantitative estimate of drug-likeness (QED) is 0.766. The van der Waals surface area contributed by atoms with Crippen molar-refractivity contribution >= 4 is 12.0 Å². The molecule has 2 amide bonds. The fourth-order valence-electron chi connectivity index (χ4n) is 2.07. The van der Waals surface area contributed by atoms with Gasteiger partial charge in [-0.3, -0.25) is 9.48 Å². The monoisotopic (exact) mass is 310 g/mol. The van der Waals surface area contributed by atoms with E-state index in [1.807, 2.05) is 6.92 Å². The van der Waals surface area contributed by atoms with E-state index in [1.54, 1.807) is 17.8 Å². The maximum absolute atomic E-state index is 12.1. The Morgan fingerprint density at radius 1 is 1.36 bits per heavy atom. The van der Waals surface area contributed by atoms with Gasteiger partial charge in [-0.1, -0.05) is 13.8 Å². The molecule has 7 heteroatoms. The Hall–Kier alpha value is -2.05. The Bertz CT molecular complexity index is 485. The summed E-state index contributed by atoms with van der Waals surface area (Å²) in [5, 5.41) is 9.67. The molecule has 0 radical (unpaired) electrons. The second-order valence-electron chi connectivity index (χ2n) is 5.49. The van der Waals surface area contributed by atoms with Gasteiger partial charge in [-0.15, -0.1) is 0 Å². The molecule has 0 bridgehead atoms. The molecule has 1 rings (SSSR count). The minimum atomic E-state index is -0.457. The molecule has 124 valence electrons. The number of aromatic nitrogens is 2. The molecule has 22 heavy (non-hydrogen) atoms. The predicted octanol–water partition coefficient (Wildman–Crippen LogP) is 1.79. The number of nitrogens with one attached hydrogen (secondary N) is 2. The second-order valence-corrected chi connectivity index (χ2v) is 5.49. The van der Waals surface area contributed by atoms with Crippen LogP contribution in [0.4, 0.5) is 4.79 Å². The molecule has 0 aliphatic heterocycles. The Morgan fingerprint density at radius 2 is 2.09 bits per heavy atom. The van der Waals surface area contributed by atoms with E-state index in [4.69, 9.17) is 4.74 Å². The molecular formula is C15H26N4O3. The van der Waals surface area contributed by atoms with Crippen molar-refractivity contribution in [3.8, 4) is 0 Å². The Labute approximate surface area is 131 Å². The predicted molar refractivity (Wildman–Crippen MR) is 83.6 cm³/mol. The van der Waals surface area contributed by atoms with Crippen molar-refractivity contribution in [2.75, 3.05) is 13.2 Å². The zero-order valence-electron chi connectivity index (χ0n) is 13.8. The van der Waals surface area contributed by atoms with Crippen molar-refractivity contribution in [2.45, 2.75) is 46.7 Å². The highest BCUT2D eigenvalue weighted by molar-refractivity contribution is 5.93. The van der Waals surface area contributed by atoms with Crippen molar-refractivity contribution in [2.24, 2.45) is 5.92 Å². The highest BCUT2D eigenvalue weighted by atomic mass is 16.5. The molecule has 1 atom stereocenters. The number of carbonyl (C=O) groups is 2. The average molecular weight is 310 g/mol. The lowest BCUT2D eigenvalue weighted by molar-refractivity contribution is 0.0944. The summed E-state index contributed by atoms with van der Waals surface area (Å²) in [6.07, 6.45) is 3.54. The average Bonchev–Trinajstić information content (AvgIpc) is 2.93. The number of ether oxygens (including phenoxy) is 1. The van der Waals surface area contributed by atoms with Crippen LogP contribution in [-0.2, 0) is 11.3 Å². The topological polar surface area (TPSA) is 85.2 Å². The van der Waals surface area contributed by atoms with Gasteiger partial charge in [-0.2, -0.15) is 5.10 Å². The standard InChI is InChI=1S/C15H26N4O3/c1-5-19-10-12(8-17-19)14(20)16-9-13(7-11(3)4)18-15(21)22-6-2/h8,10-11,13H,5-7,9H2,1-4H3,(H,16,20)(H,18,21). The van der Waals surface area contributed by atoms with Crippen LogP contribution in [0.25, 0.3) is 0 Å². The molecule has 0 aliphatic rings. The lowest BCUT2D eigenvalue weighted by Crippen LogP contribution is -2.44. The minimum Gasteiger partial charge on any atom is -0.450 e. The van der Waals surface area contributed by atoms with Gasteiger partial charge in [0.15, 0.2) is 0 Å². The van der Waals surface area contributed by atoms with E-state index < -0.39 is 6.09 Å². The minimum absolute atomic E-state index is 0.163. The number of hydrogen-bond acceptors (Lipinski definition) is 4. The third-order valence-corrected chi connectivity index (χ3v) is 3.08. The third-order valence-electron chi connectivity index (χ3n) is 3.08. The van der Waals surface area contributed by atoms with Crippen LogP contribution in [0.3, 0.4) is 0 Å². The Morgan fingerprint density at radius 3 is 2.64 bits per heavy atom. The number of amides is 2. The van der Waals surface area contributed by atoms with E-state index in [0.29, 0.717) is 31.2 Å². The van der Waals surface area contributed by atoms with Gasteiger partial charge in [-0.05, 0) is 26.2 Å². The van der Waals surface area contributed by atoms with Gasteiger partial charge in [0, 0.05) is 25.3 Å². The van der Waals surface area contributed by atoms with Gasteiger partial charge < -0.3 is 15.4 Å². The normalized spacial score (nSPS) is 12.0. The fraction of sp³-hybridized carbons (Fsp3) is 0.667. The van der Waals surface area contributed by atoms with E-state index in [1.165, 1.54) is 6.20 Å². The molecule has 0 spiro atoms. The van der Waals surface area contributed by atoms with Crippen molar-refractivity contribution in [1.29, 1.82) is 0 Å². The molecule has 1 heterocycles. The van der Waals surface area contributed by atoms with Crippen molar-refractivity contribution in [3.05, 3.63) is 18.0 Å². The molecule has 7 nitrogen and oxygen atoms in total. The molecule has 0 saturated heterocycles. The molecule has 0 fully saturated rings. The highest BCUT2D eigenvalue weighted by Gasteiger charge is 2.16. The summed E-state index contributed by atoms with van der Waals surface area (Å²) in [5.74, 6) is 0.200. The number of carbonyl (C=O) groups excluding carboxylic acids is 2. The fourth-order valence-corrected chi connectivity index (χ4v) is 2.07. The van der Waals surface area contributed by atoms with Crippen molar-refractivity contribution in [1.82, 2.24) is 20.4 Å². The lowest BCUT2D eigenvalue weighted by Gasteiger charge is -2.20. The summed E-state index contributed by atoms with van der Waals surface area (Å²) in [6, 6.07) is -0.163.